The molecular weight excluding hydrogens is 388 g/mol. The Hall–Kier alpha value is -3.13. The van der Waals surface area contributed by atoms with Gasteiger partial charge in [0, 0.05) is 17.1 Å². The van der Waals surface area contributed by atoms with Crippen molar-refractivity contribution in [3.63, 3.8) is 0 Å². The number of hydrogen-bond acceptors (Lipinski definition) is 6. The standard InChI is InChI=1S/C21H22N4O3S/c1-4-11-7-13(18(28)9-17(11)27)20-23-24-21(29)25(20)15-5-6-16(26)19-12(15)8-14(22-19)10(2)3/h5-10,22,26-28H,4H2,1-3H3,(H,24,29). The molecule has 0 bridgehead atoms. The lowest BCUT2D eigenvalue weighted by atomic mass is 10.1. The predicted octanol–water partition coefficient (Wildman–Crippen LogP) is 4.51. The Balaban J connectivity index is 2.00. The zero-order valence-corrected chi connectivity index (χ0v) is 17.2. The Labute approximate surface area is 173 Å². The lowest BCUT2D eigenvalue weighted by molar-refractivity contribution is 0.447. The predicted molar refractivity (Wildman–Crippen MR) is 114 cm³/mol. The van der Waals surface area contributed by atoms with Crippen molar-refractivity contribution in [2.75, 3.05) is 0 Å². The summed E-state index contributed by atoms with van der Waals surface area (Å²) in [5.41, 5.74) is 3.44. The molecule has 0 amide bonds. The van der Waals surface area contributed by atoms with Crippen molar-refractivity contribution in [2.45, 2.75) is 38.3 Å². The van der Waals surface area contributed by atoms with Gasteiger partial charge in [-0.25, -0.2) is 0 Å². The van der Waals surface area contributed by atoms with Gasteiger partial charge in [-0.05, 0) is 42.2 Å². The minimum atomic E-state index is -0.103. The number of hydrogen-bond donors (Lipinski definition) is 5. The first kappa shape index (κ1) is 19.2. The summed E-state index contributed by atoms with van der Waals surface area (Å²) in [6, 6.07) is 8.36. The van der Waals surface area contributed by atoms with E-state index in [0.717, 1.165) is 16.8 Å². The molecule has 2 aromatic heterocycles. The summed E-state index contributed by atoms with van der Waals surface area (Å²) in [7, 11) is 0. The number of fused-ring (bicyclic) bond motifs is 1. The molecule has 29 heavy (non-hydrogen) atoms. The van der Waals surface area contributed by atoms with Gasteiger partial charge in [0.15, 0.2) is 11.0 Å². The van der Waals surface area contributed by atoms with Gasteiger partial charge in [0.2, 0.25) is 0 Å². The zero-order valence-electron chi connectivity index (χ0n) is 16.3. The quantitative estimate of drug-likeness (QED) is 0.318. The molecule has 4 rings (SSSR count). The first-order chi connectivity index (χ1) is 13.8. The number of phenolic OH excluding ortho intramolecular Hbond substituents is 3. The molecule has 150 valence electrons. The van der Waals surface area contributed by atoms with E-state index in [1.807, 2.05) is 13.0 Å². The normalized spacial score (nSPS) is 11.6. The minimum absolute atomic E-state index is 0.0325. The molecule has 0 spiro atoms. The van der Waals surface area contributed by atoms with Crippen LogP contribution in [0.4, 0.5) is 0 Å². The molecule has 2 heterocycles. The van der Waals surface area contributed by atoms with E-state index >= 15 is 0 Å². The first-order valence-corrected chi connectivity index (χ1v) is 9.81. The molecule has 0 fully saturated rings. The molecule has 0 radical (unpaired) electrons. The average molecular weight is 410 g/mol. The lowest BCUT2D eigenvalue weighted by Crippen LogP contribution is -2.00. The second-order valence-electron chi connectivity index (χ2n) is 7.28. The second-order valence-corrected chi connectivity index (χ2v) is 7.68. The molecule has 0 aliphatic rings. The fraction of sp³-hybridized carbons (Fsp3) is 0.238. The molecule has 8 heteroatoms. The van der Waals surface area contributed by atoms with Gasteiger partial charge in [0.1, 0.15) is 17.2 Å². The second kappa shape index (κ2) is 7.04. The van der Waals surface area contributed by atoms with E-state index in [2.05, 4.69) is 41.7 Å². The summed E-state index contributed by atoms with van der Waals surface area (Å²) < 4.78 is 1.72. The van der Waals surface area contributed by atoms with Gasteiger partial charge >= 0.3 is 0 Å². The van der Waals surface area contributed by atoms with Crippen LogP contribution < -0.4 is 0 Å². The van der Waals surface area contributed by atoms with Crippen LogP contribution in [0.3, 0.4) is 0 Å². The number of nitrogens with zero attached hydrogens (tertiary/aromatic N) is 3. The highest BCUT2D eigenvalue weighted by atomic mass is 32.1. The Bertz CT molecular complexity index is 1230. The molecule has 0 saturated heterocycles. The zero-order chi connectivity index (χ0) is 20.9. The largest absolute Gasteiger partial charge is 0.508 e. The van der Waals surface area contributed by atoms with Gasteiger partial charge in [0.25, 0.3) is 0 Å². The van der Waals surface area contributed by atoms with Crippen LogP contribution in [0.15, 0.2) is 35.5 Å². The molecule has 4 aromatic rings. The lowest BCUT2D eigenvalue weighted by Gasteiger charge is -2.13. The van der Waals surface area contributed by atoms with E-state index in [-0.39, 0.29) is 23.2 Å². The summed E-state index contributed by atoms with van der Waals surface area (Å²) in [6.07, 6.45) is 0.597. The number of aromatic nitrogens is 4. The number of aromatic amines is 1. The third kappa shape index (κ3) is 3.09. The van der Waals surface area contributed by atoms with E-state index in [4.69, 9.17) is 0 Å². The monoisotopic (exact) mass is 410 g/mol. The van der Waals surface area contributed by atoms with Crippen LogP contribution >= 0.6 is 12.6 Å². The van der Waals surface area contributed by atoms with Crippen molar-refractivity contribution < 1.29 is 15.3 Å². The Morgan fingerprint density at radius 3 is 2.48 bits per heavy atom. The van der Waals surface area contributed by atoms with Crippen LogP contribution in [0.1, 0.15) is 37.9 Å². The van der Waals surface area contributed by atoms with Crippen molar-refractivity contribution in [1.29, 1.82) is 0 Å². The number of rotatable bonds is 4. The van der Waals surface area contributed by atoms with Gasteiger partial charge in [-0.2, -0.15) is 0 Å². The van der Waals surface area contributed by atoms with E-state index in [9.17, 15) is 15.3 Å². The number of thiol groups is 1. The molecule has 0 saturated carbocycles. The van der Waals surface area contributed by atoms with Crippen molar-refractivity contribution >= 4 is 23.5 Å². The molecule has 2 aromatic carbocycles. The molecule has 7 nitrogen and oxygen atoms in total. The SMILES string of the molecule is CCc1cc(-c2nnc(S)n2-c2ccc(O)c3[nH]c(C(C)C)cc23)c(O)cc1O. The smallest absolute Gasteiger partial charge is 0.193 e. The fourth-order valence-electron chi connectivity index (χ4n) is 3.47. The van der Waals surface area contributed by atoms with Crippen LogP contribution in [0, 0.1) is 0 Å². The van der Waals surface area contributed by atoms with Crippen LogP contribution in [0.25, 0.3) is 28.0 Å². The number of nitrogens with one attached hydrogen (secondary N) is 1. The fourth-order valence-corrected chi connectivity index (χ4v) is 3.72. The van der Waals surface area contributed by atoms with Crippen molar-refractivity contribution in [2.24, 2.45) is 0 Å². The number of H-pyrrole nitrogens is 1. The van der Waals surface area contributed by atoms with Crippen LogP contribution in [-0.2, 0) is 6.42 Å². The topological polar surface area (TPSA) is 107 Å². The Morgan fingerprint density at radius 2 is 1.79 bits per heavy atom. The Kier molecular flexibility index (Phi) is 4.66. The number of aryl methyl sites for hydroxylation is 1. The summed E-state index contributed by atoms with van der Waals surface area (Å²) in [4.78, 5) is 3.27. The first-order valence-electron chi connectivity index (χ1n) is 9.36. The molecule has 0 aliphatic carbocycles. The maximum atomic E-state index is 10.5. The Morgan fingerprint density at radius 1 is 1.03 bits per heavy atom. The summed E-state index contributed by atoms with van der Waals surface area (Å²) >= 11 is 4.47. The number of phenols is 3. The van der Waals surface area contributed by atoms with Crippen molar-refractivity contribution in [1.82, 2.24) is 19.7 Å². The highest BCUT2D eigenvalue weighted by molar-refractivity contribution is 7.80. The van der Waals surface area contributed by atoms with Crippen LogP contribution in [0.2, 0.25) is 0 Å². The molecule has 0 atom stereocenters. The minimum Gasteiger partial charge on any atom is -0.508 e. The highest BCUT2D eigenvalue weighted by Crippen LogP contribution is 2.39. The summed E-state index contributed by atoms with van der Waals surface area (Å²) in [6.45, 7) is 6.05. The third-order valence-corrected chi connectivity index (χ3v) is 5.39. The van der Waals surface area contributed by atoms with Gasteiger partial charge in [-0.15, -0.1) is 22.8 Å². The number of benzene rings is 2. The van der Waals surface area contributed by atoms with Gasteiger partial charge < -0.3 is 20.3 Å². The summed E-state index contributed by atoms with van der Waals surface area (Å²) in [5.74, 6) is 0.714. The molecular formula is C21H22N4O3S. The van der Waals surface area contributed by atoms with E-state index < -0.39 is 0 Å². The van der Waals surface area contributed by atoms with E-state index in [1.165, 1.54) is 6.07 Å². The third-order valence-electron chi connectivity index (χ3n) is 5.10. The summed E-state index contributed by atoms with van der Waals surface area (Å²) in [5, 5.41) is 40.3. The van der Waals surface area contributed by atoms with E-state index in [0.29, 0.717) is 34.0 Å². The van der Waals surface area contributed by atoms with Gasteiger partial charge in [0.05, 0.1) is 16.8 Å². The molecule has 4 N–H and O–H groups in total. The van der Waals surface area contributed by atoms with Gasteiger partial charge in [-0.1, -0.05) is 20.8 Å². The van der Waals surface area contributed by atoms with Crippen LogP contribution in [-0.4, -0.2) is 35.1 Å². The van der Waals surface area contributed by atoms with Crippen molar-refractivity contribution in [3.05, 3.63) is 41.6 Å². The van der Waals surface area contributed by atoms with E-state index in [1.54, 1.807) is 22.8 Å². The van der Waals surface area contributed by atoms with Gasteiger partial charge in [-0.3, -0.25) is 4.57 Å². The highest BCUT2D eigenvalue weighted by Gasteiger charge is 2.21. The maximum Gasteiger partial charge on any atom is 0.193 e. The number of aromatic hydroxyl groups is 3. The van der Waals surface area contributed by atoms with Crippen molar-refractivity contribution in [3.8, 4) is 34.3 Å². The van der Waals surface area contributed by atoms with Crippen LogP contribution in [0.5, 0.6) is 17.2 Å². The maximum absolute atomic E-state index is 10.5. The molecule has 0 unspecified atom stereocenters. The average Bonchev–Trinajstić information content (AvgIpc) is 3.28. The molecule has 0 aliphatic heterocycles.